The Morgan fingerprint density at radius 2 is 1.23 bits per heavy atom. The van der Waals surface area contributed by atoms with Crippen LogP contribution in [0.1, 0.15) is 11.1 Å². The molecule has 0 saturated carbocycles. The third-order valence-corrected chi connectivity index (χ3v) is 4.49. The molecule has 0 aliphatic heterocycles. The average Bonchev–Trinajstić information content (AvgIpc) is 2.64. The second kappa shape index (κ2) is 7.75. The molecular formula is C24H22O2. The number of aromatic hydroxyl groups is 2. The molecule has 2 N–H and O–H groups in total. The van der Waals surface area contributed by atoms with Crippen molar-refractivity contribution in [3.8, 4) is 33.8 Å². The van der Waals surface area contributed by atoms with E-state index >= 15 is 0 Å². The lowest BCUT2D eigenvalue weighted by Gasteiger charge is -2.20. The normalized spacial score (nSPS) is 10.5. The van der Waals surface area contributed by atoms with Crippen LogP contribution >= 0.6 is 0 Å². The highest BCUT2D eigenvalue weighted by atomic mass is 16.3. The Hall–Kier alpha value is -3.26. The van der Waals surface area contributed by atoms with Crippen molar-refractivity contribution in [1.82, 2.24) is 0 Å². The van der Waals surface area contributed by atoms with Gasteiger partial charge in [0.15, 0.2) is 0 Å². The van der Waals surface area contributed by atoms with E-state index in [2.05, 4.69) is 19.2 Å². The molecular weight excluding hydrogens is 320 g/mol. The second-order valence-corrected chi connectivity index (χ2v) is 6.15. The first kappa shape index (κ1) is 17.6. The monoisotopic (exact) mass is 342 g/mol. The summed E-state index contributed by atoms with van der Waals surface area (Å²) in [4.78, 5) is 0. The number of hydrogen-bond donors (Lipinski definition) is 2. The van der Waals surface area contributed by atoms with Gasteiger partial charge in [-0.1, -0.05) is 60.7 Å². The van der Waals surface area contributed by atoms with E-state index in [4.69, 9.17) is 0 Å². The summed E-state index contributed by atoms with van der Waals surface area (Å²) >= 11 is 0. The van der Waals surface area contributed by atoms with Crippen molar-refractivity contribution in [3.63, 3.8) is 0 Å². The number of benzene rings is 3. The smallest absolute Gasteiger partial charge is 0.123 e. The largest absolute Gasteiger partial charge is 0.507 e. The van der Waals surface area contributed by atoms with Crippen LogP contribution in [-0.2, 0) is 12.8 Å². The van der Waals surface area contributed by atoms with Gasteiger partial charge >= 0.3 is 0 Å². The highest BCUT2D eigenvalue weighted by Gasteiger charge is 2.19. The lowest BCUT2D eigenvalue weighted by molar-refractivity contribution is 0.476. The van der Waals surface area contributed by atoms with Crippen molar-refractivity contribution in [2.24, 2.45) is 0 Å². The van der Waals surface area contributed by atoms with Gasteiger partial charge in [0.1, 0.15) is 11.5 Å². The number of para-hydroxylation sites is 2. The van der Waals surface area contributed by atoms with Gasteiger partial charge in [0, 0.05) is 11.1 Å². The third kappa shape index (κ3) is 3.27. The van der Waals surface area contributed by atoms with Crippen molar-refractivity contribution < 1.29 is 10.2 Å². The molecule has 0 atom stereocenters. The van der Waals surface area contributed by atoms with Gasteiger partial charge in [0.25, 0.3) is 0 Å². The summed E-state index contributed by atoms with van der Waals surface area (Å²) in [7, 11) is 0. The number of phenols is 2. The molecule has 0 bridgehead atoms. The summed E-state index contributed by atoms with van der Waals surface area (Å²) in [6.07, 6.45) is 5.12. The predicted octanol–water partition coefficient (Wildman–Crippen LogP) is 5.89. The first-order valence-electron chi connectivity index (χ1n) is 8.60. The maximum atomic E-state index is 10.5. The molecule has 3 rings (SSSR count). The van der Waals surface area contributed by atoms with Gasteiger partial charge in [-0.2, -0.15) is 0 Å². The van der Waals surface area contributed by atoms with Gasteiger partial charge in [-0.15, -0.1) is 13.2 Å². The van der Waals surface area contributed by atoms with E-state index in [1.54, 1.807) is 24.3 Å². The zero-order chi connectivity index (χ0) is 18.5. The van der Waals surface area contributed by atoms with E-state index in [9.17, 15) is 10.2 Å². The van der Waals surface area contributed by atoms with Crippen LogP contribution in [0.15, 0.2) is 86.0 Å². The minimum Gasteiger partial charge on any atom is -0.507 e. The molecule has 0 radical (unpaired) electrons. The van der Waals surface area contributed by atoms with Crippen molar-refractivity contribution in [3.05, 3.63) is 97.1 Å². The molecule has 130 valence electrons. The summed E-state index contributed by atoms with van der Waals surface area (Å²) in [6.45, 7) is 7.75. The summed E-state index contributed by atoms with van der Waals surface area (Å²) in [5.74, 6) is 0.426. The number of phenolic OH excluding ortho intramolecular Hbond substituents is 2. The standard InChI is InChI=1S/C24H22O2/c1-3-9-17-15-16-20(19-11-5-7-13-22(19)25)24(18(17)10-4-2)21-12-6-8-14-23(21)26/h3-8,11-16,25-26H,1-2,9-10H2. The molecule has 0 saturated heterocycles. The van der Waals surface area contributed by atoms with Gasteiger partial charge in [-0.05, 0) is 47.2 Å². The van der Waals surface area contributed by atoms with Gasteiger partial charge < -0.3 is 10.2 Å². The van der Waals surface area contributed by atoms with Gasteiger partial charge in [0.2, 0.25) is 0 Å². The van der Waals surface area contributed by atoms with Crippen LogP contribution in [-0.4, -0.2) is 10.2 Å². The number of rotatable bonds is 6. The van der Waals surface area contributed by atoms with Crippen LogP contribution in [0.25, 0.3) is 22.3 Å². The quantitative estimate of drug-likeness (QED) is 0.548. The van der Waals surface area contributed by atoms with Crippen molar-refractivity contribution >= 4 is 0 Å². The molecule has 0 amide bonds. The zero-order valence-electron chi connectivity index (χ0n) is 14.7. The van der Waals surface area contributed by atoms with E-state index in [1.165, 1.54) is 0 Å². The fraction of sp³-hybridized carbons (Fsp3) is 0.0833. The van der Waals surface area contributed by atoms with Crippen LogP contribution in [0.4, 0.5) is 0 Å². The second-order valence-electron chi connectivity index (χ2n) is 6.15. The Morgan fingerprint density at radius 3 is 1.81 bits per heavy atom. The summed E-state index contributed by atoms with van der Waals surface area (Å²) in [5.41, 5.74) is 5.51. The molecule has 3 aromatic carbocycles. The number of hydrogen-bond acceptors (Lipinski definition) is 2. The molecule has 0 unspecified atom stereocenters. The third-order valence-electron chi connectivity index (χ3n) is 4.49. The van der Waals surface area contributed by atoms with E-state index in [0.29, 0.717) is 6.42 Å². The molecule has 26 heavy (non-hydrogen) atoms. The lowest BCUT2D eigenvalue weighted by atomic mass is 9.85. The fourth-order valence-electron chi connectivity index (χ4n) is 3.33. The first-order chi connectivity index (χ1) is 12.7. The van der Waals surface area contributed by atoms with E-state index in [1.807, 2.05) is 42.5 Å². The summed E-state index contributed by atoms with van der Waals surface area (Å²) in [6, 6.07) is 18.6. The lowest BCUT2D eigenvalue weighted by Crippen LogP contribution is -1.99. The SMILES string of the molecule is C=CCc1ccc(-c2ccccc2O)c(-c2ccccc2O)c1CC=C. The molecule has 0 aliphatic carbocycles. The highest BCUT2D eigenvalue weighted by molar-refractivity contribution is 5.90. The topological polar surface area (TPSA) is 40.5 Å². The molecule has 0 heterocycles. The molecule has 0 aliphatic rings. The molecule has 0 fully saturated rings. The van der Waals surface area contributed by atoms with Gasteiger partial charge in [0.05, 0.1) is 0 Å². The van der Waals surface area contributed by atoms with Crippen molar-refractivity contribution in [2.75, 3.05) is 0 Å². The molecule has 0 spiro atoms. The Kier molecular flexibility index (Phi) is 5.23. The Labute approximate surface area is 154 Å². The molecule has 2 heteroatoms. The van der Waals surface area contributed by atoms with Crippen LogP contribution in [0, 0.1) is 0 Å². The van der Waals surface area contributed by atoms with Gasteiger partial charge in [-0.25, -0.2) is 0 Å². The maximum Gasteiger partial charge on any atom is 0.123 e. The predicted molar refractivity (Wildman–Crippen MR) is 108 cm³/mol. The summed E-state index contributed by atoms with van der Waals surface area (Å²) in [5, 5.41) is 20.9. The van der Waals surface area contributed by atoms with Crippen molar-refractivity contribution in [2.45, 2.75) is 12.8 Å². The Morgan fingerprint density at radius 1 is 0.654 bits per heavy atom. The zero-order valence-corrected chi connectivity index (χ0v) is 14.7. The minimum atomic E-state index is 0.213. The van der Waals surface area contributed by atoms with E-state index < -0.39 is 0 Å². The molecule has 0 aromatic heterocycles. The van der Waals surface area contributed by atoms with E-state index in [-0.39, 0.29) is 11.5 Å². The number of allylic oxidation sites excluding steroid dienone is 2. The van der Waals surface area contributed by atoms with Crippen LogP contribution in [0.5, 0.6) is 11.5 Å². The van der Waals surface area contributed by atoms with Gasteiger partial charge in [-0.3, -0.25) is 0 Å². The average molecular weight is 342 g/mol. The van der Waals surface area contributed by atoms with Crippen LogP contribution in [0.3, 0.4) is 0 Å². The summed E-state index contributed by atoms with van der Waals surface area (Å²) < 4.78 is 0. The Balaban J connectivity index is 2.40. The minimum absolute atomic E-state index is 0.213. The molecule has 2 nitrogen and oxygen atoms in total. The van der Waals surface area contributed by atoms with E-state index in [0.717, 1.165) is 39.8 Å². The van der Waals surface area contributed by atoms with Crippen LogP contribution in [0.2, 0.25) is 0 Å². The Bertz CT molecular complexity index is 954. The first-order valence-corrected chi connectivity index (χ1v) is 8.60. The molecule has 3 aromatic rings. The van der Waals surface area contributed by atoms with Crippen LogP contribution < -0.4 is 0 Å². The fourth-order valence-corrected chi connectivity index (χ4v) is 3.33. The maximum absolute atomic E-state index is 10.5. The van der Waals surface area contributed by atoms with Crippen molar-refractivity contribution in [1.29, 1.82) is 0 Å². The highest BCUT2D eigenvalue weighted by Crippen LogP contribution is 2.43.